The van der Waals surface area contributed by atoms with Gasteiger partial charge < -0.3 is 15.8 Å². The monoisotopic (exact) mass is 244 g/mol. The van der Waals surface area contributed by atoms with Crippen LogP contribution in [0.3, 0.4) is 0 Å². The number of carbonyl (C=O) groups excluding carboxylic acids is 1. The molecular weight excluding hydrogens is 216 g/mol. The van der Waals surface area contributed by atoms with Crippen molar-refractivity contribution in [3.8, 4) is 0 Å². The summed E-state index contributed by atoms with van der Waals surface area (Å²) >= 11 is 0. The van der Waals surface area contributed by atoms with Crippen molar-refractivity contribution >= 4 is 6.09 Å². The molecule has 1 atom stereocenters. The van der Waals surface area contributed by atoms with E-state index in [1.165, 1.54) is 0 Å². The molecular formula is C13H28N2O2. The fourth-order valence-electron chi connectivity index (χ4n) is 1.22. The lowest BCUT2D eigenvalue weighted by Crippen LogP contribution is -2.49. The summed E-state index contributed by atoms with van der Waals surface area (Å²) in [5.41, 5.74) is 5.22. The van der Waals surface area contributed by atoms with Crippen LogP contribution in [-0.2, 0) is 4.74 Å². The van der Waals surface area contributed by atoms with Crippen molar-refractivity contribution in [1.82, 2.24) is 5.32 Å². The van der Waals surface area contributed by atoms with Gasteiger partial charge in [0.05, 0.1) is 0 Å². The maximum atomic E-state index is 11.6. The first-order valence-corrected chi connectivity index (χ1v) is 6.08. The van der Waals surface area contributed by atoms with E-state index >= 15 is 0 Å². The number of rotatable bonds is 3. The fraction of sp³-hybridized carbons (Fsp3) is 0.923. The number of carbonyl (C=O) groups is 1. The van der Waals surface area contributed by atoms with Gasteiger partial charge in [0.25, 0.3) is 0 Å². The zero-order valence-electron chi connectivity index (χ0n) is 12.3. The van der Waals surface area contributed by atoms with E-state index in [9.17, 15) is 4.79 Å². The molecule has 4 nitrogen and oxygen atoms in total. The number of ether oxygens (including phenoxy) is 1. The lowest BCUT2D eigenvalue weighted by atomic mass is 9.68. The smallest absolute Gasteiger partial charge is 0.407 e. The Morgan fingerprint density at radius 2 is 1.59 bits per heavy atom. The van der Waals surface area contributed by atoms with Crippen LogP contribution in [0.25, 0.3) is 0 Å². The molecule has 0 bridgehead atoms. The molecule has 0 rings (SSSR count). The Kier molecular flexibility index (Phi) is 5.02. The minimum atomic E-state index is -0.467. The maximum Gasteiger partial charge on any atom is 0.407 e. The molecule has 0 aromatic rings. The van der Waals surface area contributed by atoms with Crippen molar-refractivity contribution in [3.05, 3.63) is 0 Å². The lowest BCUT2D eigenvalue weighted by Gasteiger charge is -2.41. The second-order valence-electron chi connectivity index (χ2n) is 6.87. The third kappa shape index (κ3) is 5.39. The third-order valence-electron chi connectivity index (χ3n) is 3.28. The van der Waals surface area contributed by atoms with Gasteiger partial charge in [0, 0.05) is 12.0 Å². The van der Waals surface area contributed by atoms with E-state index < -0.39 is 5.60 Å². The number of nitrogens with two attached hydrogens (primary N) is 1. The van der Waals surface area contributed by atoms with Crippen molar-refractivity contribution in [3.63, 3.8) is 0 Å². The summed E-state index contributed by atoms with van der Waals surface area (Å²) < 4.78 is 5.20. The van der Waals surface area contributed by atoms with Gasteiger partial charge in [0.1, 0.15) is 5.60 Å². The zero-order valence-corrected chi connectivity index (χ0v) is 12.3. The summed E-state index contributed by atoms with van der Waals surface area (Å²) in [5.74, 6) is 0. The molecule has 0 fully saturated rings. The quantitative estimate of drug-likeness (QED) is 0.801. The lowest BCUT2D eigenvalue weighted by molar-refractivity contribution is 0.0448. The fourth-order valence-corrected chi connectivity index (χ4v) is 1.22. The van der Waals surface area contributed by atoms with Crippen LogP contribution in [0, 0.1) is 10.8 Å². The summed E-state index contributed by atoms with van der Waals surface area (Å²) in [5, 5.41) is 2.80. The number of hydrogen-bond donors (Lipinski definition) is 2. The number of alkyl carbamates (subject to hydrolysis) is 1. The van der Waals surface area contributed by atoms with Gasteiger partial charge in [-0.3, -0.25) is 0 Å². The van der Waals surface area contributed by atoms with Crippen LogP contribution in [0.2, 0.25) is 0 Å². The zero-order chi connectivity index (χ0) is 13.9. The first-order valence-electron chi connectivity index (χ1n) is 6.08. The molecule has 1 amide bonds. The second kappa shape index (κ2) is 5.25. The van der Waals surface area contributed by atoms with Crippen molar-refractivity contribution in [2.45, 2.75) is 54.1 Å². The molecule has 17 heavy (non-hydrogen) atoms. The van der Waals surface area contributed by atoms with Crippen LogP contribution in [0.5, 0.6) is 0 Å². The molecule has 0 aliphatic heterocycles. The van der Waals surface area contributed by atoms with Gasteiger partial charge >= 0.3 is 6.09 Å². The highest BCUT2D eigenvalue weighted by Crippen LogP contribution is 2.36. The molecule has 0 saturated carbocycles. The Morgan fingerprint density at radius 3 is 1.88 bits per heavy atom. The molecule has 102 valence electrons. The molecule has 0 spiro atoms. The van der Waals surface area contributed by atoms with Gasteiger partial charge in [0.2, 0.25) is 0 Å². The van der Waals surface area contributed by atoms with Crippen LogP contribution >= 0.6 is 0 Å². The summed E-state index contributed by atoms with van der Waals surface area (Å²) in [6, 6.07) is 0. The standard InChI is InChI=1S/C13H28N2O2/c1-11(2,3)13(7,8-14)9-15-10(16)17-12(4,5)6/h8-9,14H2,1-7H3,(H,15,16). The largest absolute Gasteiger partial charge is 0.444 e. The molecule has 0 aliphatic rings. The van der Waals surface area contributed by atoms with E-state index in [-0.39, 0.29) is 16.9 Å². The van der Waals surface area contributed by atoms with Crippen molar-refractivity contribution < 1.29 is 9.53 Å². The molecule has 0 aromatic heterocycles. The van der Waals surface area contributed by atoms with Gasteiger partial charge in [-0.2, -0.15) is 0 Å². The minimum Gasteiger partial charge on any atom is -0.444 e. The molecule has 1 unspecified atom stereocenters. The Morgan fingerprint density at radius 1 is 1.12 bits per heavy atom. The van der Waals surface area contributed by atoms with Crippen molar-refractivity contribution in [2.75, 3.05) is 13.1 Å². The Bertz CT molecular complexity index is 264. The van der Waals surface area contributed by atoms with Crippen LogP contribution in [0.4, 0.5) is 4.79 Å². The van der Waals surface area contributed by atoms with E-state index in [0.717, 1.165) is 0 Å². The van der Waals surface area contributed by atoms with Crippen LogP contribution in [0.15, 0.2) is 0 Å². The van der Waals surface area contributed by atoms with Crippen molar-refractivity contribution in [2.24, 2.45) is 16.6 Å². The molecule has 0 radical (unpaired) electrons. The molecule has 0 heterocycles. The Balaban J connectivity index is 4.40. The molecule has 3 N–H and O–H groups in total. The summed E-state index contributed by atoms with van der Waals surface area (Å²) in [6.07, 6.45) is -0.388. The number of amides is 1. The molecule has 0 saturated heterocycles. The molecule has 0 aromatic carbocycles. The number of nitrogens with one attached hydrogen (secondary N) is 1. The van der Waals surface area contributed by atoms with Gasteiger partial charge in [-0.1, -0.05) is 27.7 Å². The third-order valence-corrected chi connectivity index (χ3v) is 3.28. The van der Waals surface area contributed by atoms with E-state index in [0.29, 0.717) is 13.1 Å². The maximum absolute atomic E-state index is 11.6. The summed E-state index contributed by atoms with van der Waals surface area (Å²) in [4.78, 5) is 11.6. The van der Waals surface area contributed by atoms with Crippen molar-refractivity contribution in [1.29, 1.82) is 0 Å². The highest BCUT2D eigenvalue weighted by molar-refractivity contribution is 5.67. The average Bonchev–Trinajstić information content (AvgIpc) is 2.09. The highest BCUT2D eigenvalue weighted by Gasteiger charge is 2.36. The molecule has 4 heteroatoms. The van der Waals surface area contributed by atoms with Crippen LogP contribution < -0.4 is 11.1 Å². The summed E-state index contributed by atoms with van der Waals surface area (Å²) in [6.45, 7) is 15.0. The van der Waals surface area contributed by atoms with Gasteiger partial charge in [-0.05, 0) is 32.7 Å². The minimum absolute atomic E-state index is 0.0246. The Hall–Kier alpha value is -0.770. The van der Waals surface area contributed by atoms with E-state index in [1.54, 1.807) is 0 Å². The van der Waals surface area contributed by atoms with Crippen LogP contribution in [-0.4, -0.2) is 24.8 Å². The van der Waals surface area contributed by atoms with Gasteiger partial charge in [0.15, 0.2) is 0 Å². The van der Waals surface area contributed by atoms with Gasteiger partial charge in [-0.15, -0.1) is 0 Å². The topological polar surface area (TPSA) is 64.3 Å². The molecule has 0 aliphatic carbocycles. The van der Waals surface area contributed by atoms with Gasteiger partial charge in [-0.25, -0.2) is 4.79 Å². The number of hydrogen-bond acceptors (Lipinski definition) is 3. The predicted molar refractivity (Wildman–Crippen MR) is 70.9 cm³/mol. The van der Waals surface area contributed by atoms with Crippen LogP contribution in [0.1, 0.15) is 48.5 Å². The second-order valence-corrected chi connectivity index (χ2v) is 6.87. The predicted octanol–water partition coefficient (Wildman–Crippen LogP) is 2.52. The van der Waals surface area contributed by atoms with E-state index in [4.69, 9.17) is 10.5 Å². The first kappa shape index (κ1) is 16.2. The Labute approximate surface area is 105 Å². The first-order chi connectivity index (χ1) is 7.41. The average molecular weight is 244 g/mol. The highest BCUT2D eigenvalue weighted by atomic mass is 16.6. The summed E-state index contributed by atoms with van der Waals surface area (Å²) in [7, 11) is 0. The van der Waals surface area contributed by atoms with E-state index in [1.807, 2.05) is 20.8 Å². The van der Waals surface area contributed by atoms with E-state index in [2.05, 4.69) is 33.0 Å². The normalized spacial score (nSPS) is 16.2. The SMILES string of the molecule is CC(C)(C)OC(=O)NCC(C)(CN)C(C)(C)C.